The maximum absolute atomic E-state index is 12.6. The number of H-pyrrole nitrogens is 1. The fourth-order valence-electron chi connectivity index (χ4n) is 3.08. The third-order valence-corrected chi connectivity index (χ3v) is 4.24. The molecule has 2 aromatic carbocycles. The van der Waals surface area contributed by atoms with Crippen molar-refractivity contribution in [3.8, 4) is 28.1 Å². The highest BCUT2D eigenvalue weighted by atomic mass is 16.5. The number of fused-ring (bicyclic) bond motifs is 1. The molecule has 2 aromatic heterocycles. The lowest BCUT2D eigenvalue weighted by Crippen LogP contribution is -2.09. The van der Waals surface area contributed by atoms with E-state index in [0.717, 1.165) is 33.5 Å². The highest BCUT2D eigenvalue weighted by Gasteiger charge is 2.15. The Bertz CT molecular complexity index is 1100. The minimum absolute atomic E-state index is 0.110. The highest BCUT2D eigenvalue weighted by Crippen LogP contribution is 2.36. The first-order valence-corrected chi connectivity index (χ1v) is 7.98. The lowest BCUT2D eigenvalue weighted by molar-refractivity contribution is 0.415. The van der Waals surface area contributed by atoms with Crippen molar-refractivity contribution in [1.82, 2.24) is 9.97 Å². The van der Waals surface area contributed by atoms with Crippen LogP contribution < -0.4 is 10.3 Å². The number of methoxy groups -OCH3 is 1. The molecule has 0 amide bonds. The number of hydrogen-bond acceptors (Lipinski definition) is 3. The van der Waals surface area contributed by atoms with Crippen molar-refractivity contribution in [2.24, 2.45) is 0 Å². The molecule has 0 aliphatic carbocycles. The molecule has 4 rings (SSSR count). The van der Waals surface area contributed by atoms with Crippen molar-refractivity contribution in [3.05, 3.63) is 83.4 Å². The molecular formula is C21H16N2O2. The summed E-state index contributed by atoms with van der Waals surface area (Å²) in [6.07, 6.45) is 3.47. The van der Waals surface area contributed by atoms with Crippen molar-refractivity contribution >= 4 is 10.8 Å². The molecule has 0 fully saturated rings. The van der Waals surface area contributed by atoms with Gasteiger partial charge in [0.05, 0.1) is 12.8 Å². The minimum Gasteiger partial charge on any atom is -0.497 e. The number of nitrogens with one attached hydrogen (secondary N) is 1. The van der Waals surface area contributed by atoms with Crippen LogP contribution in [0.2, 0.25) is 0 Å². The van der Waals surface area contributed by atoms with Crippen LogP contribution in [0.5, 0.6) is 5.75 Å². The number of aromatic amines is 1. The first-order chi connectivity index (χ1) is 12.3. The second kappa shape index (κ2) is 6.24. The molecule has 0 bridgehead atoms. The first-order valence-electron chi connectivity index (χ1n) is 7.98. The monoisotopic (exact) mass is 328 g/mol. The van der Waals surface area contributed by atoms with Gasteiger partial charge in [-0.1, -0.05) is 30.3 Å². The number of pyridine rings is 2. The topological polar surface area (TPSA) is 55.0 Å². The van der Waals surface area contributed by atoms with Crippen LogP contribution in [0.4, 0.5) is 0 Å². The Balaban J connectivity index is 2.13. The van der Waals surface area contributed by atoms with Crippen LogP contribution in [0.15, 0.2) is 77.9 Å². The van der Waals surface area contributed by atoms with Gasteiger partial charge in [0.1, 0.15) is 5.75 Å². The quantitative estimate of drug-likeness (QED) is 0.611. The molecule has 0 atom stereocenters. The fraction of sp³-hybridized carbons (Fsp3) is 0.0476. The van der Waals surface area contributed by atoms with Gasteiger partial charge in [0.25, 0.3) is 5.56 Å². The zero-order valence-corrected chi connectivity index (χ0v) is 13.7. The fourth-order valence-corrected chi connectivity index (χ4v) is 3.08. The van der Waals surface area contributed by atoms with Gasteiger partial charge in [-0.15, -0.1) is 0 Å². The third kappa shape index (κ3) is 2.68. The van der Waals surface area contributed by atoms with E-state index in [4.69, 9.17) is 4.74 Å². The SMILES string of the molecule is COc1cccc(-c2c(-c3cccnc3)[nH]c(=O)c3ccccc23)c1. The summed E-state index contributed by atoms with van der Waals surface area (Å²) >= 11 is 0. The molecule has 122 valence electrons. The predicted molar refractivity (Wildman–Crippen MR) is 99.8 cm³/mol. The van der Waals surface area contributed by atoms with Crippen molar-refractivity contribution in [2.75, 3.05) is 7.11 Å². The van der Waals surface area contributed by atoms with Crippen LogP contribution in [0.25, 0.3) is 33.2 Å². The van der Waals surface area contributed by atoms with Crippen LogP contribution >= 0.6 is 0 Å². The maximum atomic E-state index is 12.6. The third-order valence-electron chi connectivity index (χ3n) is 4.24. The number of aromatic nitrogens is 2. The molecule has 0 saturated heterocycles. The average molecular weight is 328 g/mol. The summed E-state index contributed by atoms with van der Waals surface area (Å²) in [5.74, 6) is 0.768. The summed E-state index contributed by atoms with van der Waals surface area (Å²) in [5.41, 5.74) is 3.45. The van der Waals surface area contributed by atoms with Crippen molar-refractivity contribution in [2.45, 2.75) is 0 Å². The van der Waals surface area contributed by atoms with Crippen LogP contribution in [-0.2, 0) is 0 Å². The Kier molecular flexibility index (Phi) is 3.78. The number of benzene rings is 2. The van der Waals surface area contributed by atoms with E-state index in [9.17, 15) is 4.79 Å². The molecule has 0 saturated carbocycles. The van der Waals surface area contributed by atoms with Gasteiger partial charge in [-0.05, 0) is 41.3 Å². The van der Waals surface area contributed by atoms with Crippen LogP contribution in [0, 0.1) is 0 Å². The summed E-state index contributed by atoms with van der Waals surface area (Å²) in [6.45, 7) is 0. The van der Waals surface area contributed by atoms with Gasteiger partial charge < -0.3 is 9.72 Å². The van der Waals surface area contributed by atoms with Crippen molar-refractivity contribution in [3.63, 3.8) is 0 Å². The molecular weight excluding hydrogens is 312 g/mol. The molecule has 4 nitrogen and oxygen atoms in total. The summed E-state index contributed by atoms with van der Waals surface area (Å²) < 4.78 is 5.37. The second-order valence-corrected chi connectivity index (χ2v) is 5.72. The van der Waals surface area contributed by atoms with E-state index >= 15 is 0 Å². The van der Waals surface area contributed by atoms with Crippen LogP contribution in [-0.4, -0.2) is 17.1 Å². The molecule has 1 N–H and O–H groups in total. The number of rotatable bonds is 3. The van der Waals surface area contributed by atoms with Crippen LogP contribution in [0.3, 0.4) is 0 Å². The summed E-state index contributed by atoms with van der Waals surface area (Å²) in [5, 5.41) is 1.56. The smallest absolute Gasteiger partial charge is 0.256 e. The molecule has 25 heavy (non-hydrogen) atoms. The van der Waals surface area contributed by atoms with Gasteiger partial charge in [0.2, 0.25) is 0 Å². The first kappa shape index (κ1) is 15.1. The highest BCUT2D eigenvalue weighted by molar-refractivity contribution is 6.02. The Labute approximate surface area is 144 Å². The van der Waals surface area contributed by atoms with Gasteiger partial charge in [0.15, 0.2) is 0 Å². The molecule has 4 aromatic rings. The Morgan fingerprint density at radius 1 is 0.920 bits per heavy atom. The predicted octanol–water partition coefficient (Wildman–Crippen LogP) is 4.27. The van der Waals surface area contributed by atoms with E-state index in [1.165, 1.54) is 0 Å². The Morgan fingerprint density at radius 2 is 1.72 bits per heavy atom. The van der Waals surface area contributed by atoms with Gasteiger partial charge in [-0.25, -0.2) is 0 Å². The van der Waals surface area contributed by atoms with Crippen molar-refractivity contribution in [1.29, 1.82) is 0 Å². The van der Waals surface area contributed by atoms with Gasteiger partial charge in [-0.2, -0.15) is 0 Å². The number of hydrogen-bond donors (Lipinski definition) is 1. The van der Waals surface area contributed by atoms with E-state index in [2.05, 4.69) is 9.97 Å². The normalized spacial score (nSPS) is 10.8. The molecule has 0 aliphatic rings. The molecule has 4 heteroatoms. The van der Waals surface area contributed by atoms with E-state index in [1.807, 2.05) is 60.7 Å². The summed E-state index contributed by atoms with van der Waals surface area (Å²) in [7, 11) is 1.64. The maximum Gasteiger partial charge on any atom is 0.256 e. The zero-order chi connectivity index (χ0) is 17.2. The largest absolute Gasteiger partial charge is 0.497 e. The van der Waals surface area contributed by atoms with Gasteiger partial charge >= 0.3 is 0 Å². The number of ether oxygens (including phenoxy) is 1. The molecule has 2 heterocycles. The zero-order valence-electron chi connectivity index (χ0n) is 13.7. The standard InChI is InChI=1S/C21H16N2O2/c1-25-16-8-4-6-14(12-16)19-17-9-2-3-10-18(17)21(24)23-20(19)15-7-5-11-22-13-15/h2-13H,1H3,(H,23,24). The van der Waals surface area contributed by atoms with Crippen LogP contribution in [0.1, 0.15) is 0 Å². The second-order valence-electron chi connectivity index (χ2n) is 5.72. The molecule has 0 radical (unpaired) electrons. The lowest BCUT2D eigenvalue weighted by Gasteiger charge is -2.14. The average Bonchev–Trinajstić information content (AvgIpc) is 2.68. The minimum atomic E-state index is -0.110. The Hall–Kier alpha value is -3.40. The van der Waals surface area contributed by atoms with E-state index in [0.29, 0.717) is 5.39 Å². The lowest BCUT2D eigenvalue weighted by atomic mass is 9.94. The Morgan fingerprint density at radius 3 is 2.48 bits per heavy atom. The van der Waals surface area contributed by atoms with E-state index in [-0.39, 0.29) is 5.56 Å². The molecule has 0 spiro atoms. The van der Waals surface area contributed by atoms with Crippen molar-refractivity contribution < 1.29 is 4.74 Å². The van der Waals surface area contributed by atoms with Gasteiger partial charge in [-0.3, -0.25) is 9.78 Å². The number of nitrogens with zero attached hydrogens (tertiary/aromatic N) is 1. The van der Waals surface area contributed by atoms with E-state index in [1.54, 1.807) is 19.5 Å². The molecule has 0 aliphatic heterocycles. The van der Waals surface area contributed by atoms with E-state index < -0.39 is 0 Å². The summed E-state index contributed by atoms with van der Waals surface area (Å²) in [6, 6.07) is 19.3. The van der Waals surface area contributed by atoms with Gasteiger partial charge in [0, 0.05) is 28.9 Å². The summed E-state index contributed by atoms with van der Waals surface area (Å²) in [4.78, 5) is 19.8. The molecule has 0 unspecified atom stereocenters.